The largest absolute Gasteiger partial charge is 0.351 e. The van der Waals surface area contributed by atoms with E-state index in [0.717, 1.165) is 50.9 Å². The van der Waals surface area contributed by atoms with E-state index in [1.54, 1.807) is 11.8 Å². The number of hydrogen-bond acceptors (Lipinski definition) is 3. The van der Waals surface area contributed by atoms with Gasteiger partial charge in [-0.15, -0.1) is 0 Å². The second kappa shape index (κ2) is 11.3. The molecule has 33 heavy (non-hydrogen) atoms. The van der Waals surface area contributed by atoms with E-state index in [4.69, 9.17) is 4.98 Å². The molecule has 0 unspecified atom stereocenters. The van der Waals surface area contributed by atoms with Gasteiger partial charge in [0, 0.05) is 40.0 Å². The Labute approximate surface area is 207 Å². The molecule has 168 valence electrons. The van der Waals surface area contributed by atoms with Crippen LogP contribution in [0.25, 0.3) is 22.5 Å². The molecule has 1 aromatic heterocycles. The monoisotopic (exact) mass is 519 g/mol. The van der Waals surface area contributed by atoms with Gasteiger partial charge in [0.2, 0.25) is 0 Å². The van der Waals surface area contributed by atoms with Crippen molar-refractivity contribution in [1.82, 2.24) is 14.9 Å². The Morgan fingerprint density at radius 1 is 0.939 bits per heavy atom. The van der Waals surface area contributed by atoms with Crippen LogP contribution < -0.4 is 5.32 Å². The summed E-state index contributed by atoms with van der Waals surface area (Å²) in [6.45, 7) is 3.64. The van der Waals surface area contributed by atoms with Gasteiger partial charge < -0.3 is 9.88 Å². The van der Waals surface area contributed by atoms with E-state index < -0.39 is 0 Å². The molecule has 0 aliphatic heterocycles. The lowest BCUT2D eigenvalue weighted by atomic mass is 10.0. The van der Waals surface area contributed by atoms with Crippen LogP contribution in [0.15, 0.2) is 94.6 Å². The van der Waals surface area contributed by atoms with Crippen molar-refractivity contribution in [3.63, 3.8) is 0 Å². The van der Waals surface area contributed by atoms with Gasteiger partial charge in [-0.3, -0.25) is 4.79 Å². The number of hydrogen-bond donors (Lipinski definition) is 1. The number of imidazole rings is 1. The average Bonchev–Trinajstić information content (AvgIpc) is 3.21. The van der Waals surface area contributed by atoms with Gasteiger partial charge in [0.05, 0.1) is 11.4 Å². The molecule has 4 rings (SSSR count). The Balaban J connectivity index is 1.55. The van der Waals surface area contributed by atoms with Crippen LogP contribution >= 0.6 is 27.7 Å². The molecule has 0 spiro atoms. The second-order valence-corrected chi connectivity index (χ2v) is 9.56. The summed E-state index contributed by atoms with van der Waals surface area (Å²) in [5, 5.41) is 3.99. The zero-order valence-electron chi connectivity index (χ0n) is 18.5. The number of carbonyl (C=O) groups excluding carboxylic acids is 1. The summed E-state index contributed by atoms with van der Waals surface area (Å²) >= 11 is 5.08. The highest BCUT2D eigenvalue weighted by Crippen LogP contribution is 2.36. The maximum Gasteiger partial charge on any atom is 0.251 e. The van der Waals surface area contributed by atoms with Crippen LogP contribution in [0.3, 0.4) is 0 Å². The van der Waals surface area contributed by atoms with Gasteiger partial charge in [-0.1, -0.05) is 95.3 Å². The molecular formula is C27H26BrN3OS. The van der Waals surface area contributed by atoms with Gasteiger partial charge in [0.15, 0.2) is 5.16 Å². The third-order valence-electron chi connectivity index (χ3n) is 5.20. The first-order valence-corrected chi connectivity index (χ1v) is 12.8. The van der Waals surface area contributed by atoms with Crippen molar-refractivity contribution in [2.24, 2.45) is 0 Å². The summed E-state index contributed by atoms with van der Waals surface area (Å²) in [6, 6.07) is 28.2. The van der Waals surface area contributed by atoms with E-state index in [9.17, 15) is 4.79 Å². The molecule has 0 fully saturated rings. The van der Waals surface area contributed by atoms with Crippen LogP contribution in [0.1, 0.15) is 23.7 Å². The van der Waals surface area contributed by atoms with Crippen molar-refractivity contribution < 1.29 is 4.79 Å². The van der Waals surface area contributed by atoms with Crippen LogP contribution in [-0.2, 0) is 6.54 Å². The molecule has 0 saturated carbocycles. The summed E-state index contributed by atoms with van der Waals surface area (Å²) in [6.07, 6.45) is 1.01. The molecule has 0 aliphatic carbocycles. The standard InChI is InChI=1S/C27H26BrN3OS/c1-2-18-31-25(21-11-7-4-8-12-21)24(20-9-5-3-6-10-20)30-27(31)33-19-17-29-26(32)22-13-15-23(28)16-14-22/h3-16H,2,17-19H2,1H3,(H,29,32). The van der Waals surface area contributed by atoms with Crippen molar-refractivity contribution in [3.05, 3.63) is 95.0 Å². The fourth-order valence-electron chi connectivity index (χ4n) is 3.67. The normalized spacial score (nSPS) is 10.8. The maximum atomic E-state index is 12.4. The van der Waals surface area contributed by atoms with Crippen LogP contribution in [0.4, 0.5) is 0 Å². The molecule has 0 saturated heterocycles. The number of carbonyl (C=O) groups is 1. The maximum absolute atomic E-state index is 12.4. The molecule has 6 heteroatoms. The number of thioether (sulfide) groups is 1. The van der Waals surface area contributed by atoms with E-state index in [-0.39, 0.29) is 5.91 Å². The van der Waals surface area contributed by atoms with E-state index >= 15 is 0 Å². The van der Waals surface area contributed by atoms with E-state index in [2.05, 4.69) is 69.1 Å². The summed E-state index contributed by atoms with van der Waals surface area (Å²) < 4.78 is 3.28. The van der Waals surface area contributed by atoms with E-state index in [0.29, 0.717) is 12.1 Å². The second-order valence-electron chi connectivity index (χ2n) is 7.59. The zero-order chi connectivity index (χ0) is 23.0. The van der Waals surface area contributed by atoms with Gasteiger partial charge in [0.1, 0.15) is 0 Å². The Hall–Kier alpha value is -2.83. The lowest BCUT2D eigenvalue weighted by Gasteiger charge is -2.12. The summed E-state index contributed by atoms with van der Waals surface area (Å²) in [5.74, 6) is 0.681. The molecule has 1 amide bonds. The molecule has 1 N–H and O–H groups in total. The van der Waals surface area contributed by atoms with Crippen LogP contribution in [-0.4, -0.2) is 27.8 Å². The summed E-state index contributed by atoms with van der Waals surface area (Å²) in [7, 11) is 0. The zero-order valence-corrected chi connectivity index (χ0v) is 20.9. The average molecular weight is 520 g/mol. The minimum absolute atomic E-state index is 0.0602. The number of rotatable bonds is 9. The summed E-state index contributed by atoms with van der Waals surface area (Å²) in [4.78, 5) is 17.5. The van der Waals surface area contributed by atoms with Crippen LogP contribution in [0.5, 0.6) is 0 Å². The van der Waals surface area contributed by atoms with Crippen molar-refractivity contribution in [3.8, 4) is 22.5 Å². The molecule has 0 radical (unpaired) electrons. The Morgan fingerprint density at radius 2 is 1.58 bits per heavy atom. The fraction of sp³-hybridized carbons (Fsp3) is 0.185. The highest BCUT2D eigenvalue weighted by molar-refractivity contribution is 9.10. The third kappa shape index (κ3) is 5.75. The molecule has 3 aromatic carbocycles. The van der Waals surface area contributed by atoms with Crippen molar-refractivity contribution in [1.29, 1.82) is 0 Å². The minimum atomic E-state index is -0.0602. The van der Waals surface area contributed by atoms with Gasteiger partial charge >= 0.3 is 0 Å². The number of halogens is 1. The predicted molar refractivity (Wildman–Crippen MR) is 141 cm³/mol. The Morgan fingerprint density at radius 3 is 2.21 bits per heavy atom. The first-order chi connectivity index (χ1) is 16.2. The predicted octanol–water partition coefficient (Wildman–Crippen LogP) is 6.91. The first-order valence-electron chi connectivity index (χ1n) is 11.0. The number of benzene rings is 3. The van der Waals surface area contributed by atoms with Gasteiger partial charge in [-0.2, -0.15) is 0 Å². The Kier molecular flexibility index (Phi) is 8.02. The third-order valence-corrected chi connectivity index (χ3v) is 6.71. The van der Waals surface area contributed by atoms with Crippen LogP contribution in [0.2, 0.25) is 0 Å². The van der Waals surface area contributed by atoms with Gasteiger partial charge in [-0.25, -0.2) is 4.98 Å². The van der Waals surface area contributed by atoms with Crippen molar-refractivity contribution >= 4 is 33.6 Å². The molecule has 0 bridgehead atoms. The lowest BCUT2D eigenvalue weighted by Crippen LogP contribution is -2.25. The van der Waals surface area contributed by atoms with Crippen LogP contribution in [0, 0.1) is 0 Å². The highest BCUT2D eigenvalue weighted by atomic mass is 79.9. The van der Waals surface area contributed by atoms with Gasteiger partial charge in [-0.05, 0) is 30.7 Å². The molecule has 0 aliphatic rings. The first kappa shape index (κ1) is 23.3. The van der Waals surface area contributed by atoms with Gasteiger partial charge in [0.25, 0.3) is 5.91 Å². The topological polar surface area (TPSA) is 46.9 Å². The summed E-state index contributed by atoms with van der Waals surface area (Å²) in [5.41, 5.74) is 5.07. The lowest BCUT2D eigenvalue weighted by molar-refractivity contribution is 0.0956. The molecule has 4 aromatic rings. The van der Waals surface area contributed by atoms with E-state index in [1.807, 2.05) is 48.5 Å². The molecule has 1 heterocycles. The molecule has 0 atom stereocenters. The minimum Gasteiger partial charge on any atom is -0.351 e. The SMILES string of the molecule is CCCn1c(SCCNC(=O)c2ccc(Br)cc2)nc(-c2ccccc2)c1-c1ccccc1. The quantitative estimate of drug-likeness (QED) is 0.193. The fourth-order valence-corrected chi connectivity index (χ4v) is 4.82. The smallest absolute Gasteiger partial charge is 0.251 e. The number of nitrogens with one attached hydrogen (secondary N) is 1. The molecule has 4 nitrogen and oxygen atoms in total. The number of amides is 1. The van der Waals surface area contributed by atoms with Crippen molar-refractivity contribution in [2.45, 2.75) is 25.0 Å². The van der Waals surface area contributed by atoms with Crippen molar-refractivity contribution in [2.75, 3.05) is 12.3 Å². The van der Waals surface area contributed by atoms with E-state index in [1.165, 1.54) is 0 Å². The number of nitrogens with zero attached hydrogens (tertiary/aromatic N) is 2. The molecular weight excluding hydrogens is 494 g/mol. The highest BCUT2D eigenvalue weighted by Gasteiger charge is 2.20. The Bertz CT molecular complexity index is 1190. The number of aromatic nitrogens is 2.